The monoisotopic (exact) mass is 317 g/mol. The van der Waals surface area contributed by atoms with Gasteiger partial charge in [-0.05, 0) is 42.3 Å². The van der Waals surface area contributed by atoms with Crippen molar-refractivity contribution in [3.05, 3.63) is 59.2 Å². The van der Waals surface area contributed by atoms with Crippen LogP contribution in [0.5, 0.6) is 0 Å². The van der Waals surface area contributed by atoms with Crippen molar-refractivity contribution in [1.82, 2.24) is 4.98 Å². The third-order valence-corrected chi connectivity index (χ3v) is 4.93. The van der Waals surface area contributed by atoms with Crippen LogP contribution in [0.25, 0.3) is 21.0 Å². The molecule has 0 N–H and O–H groups in total. The average Bonchev–Trinajstić information content (AvgIpc) is 2.92. The van der Waals surface area contributed by atoms with E-state index in [1.54, 1.807) is 11.3 Å². The van der Waals surface area contributed by atoms with Crippen LogP contribution in [0.3, 0.4) is 0 Å². The number of nitrogens with zero attached hydrogens (tertiary/aromatic N) is 1. The molecule has 0 aliphatic rings. The van der Waals surface area contributed by atoms with Gasteiger partial charge >= 0.3 is 0 Å². The van der Waals surface area contributed by atoms with Crippen molar-refractivity contribution in [3.8, 4) is 21.0 Å². The molecule has 0 saturated carbocycles. The number of rotatable bonds is 2. The fourth-order valence-electron chi connectivity index (χ4n) is 1.94. The number of hydrogen-bond donors (Lipinski definition) is 1. The Hall–Kier alpha value is -1.29. The first kappa shape index (κ1) is 13.7. The number of aromatic nitrogens is 1. The molecule has 0 aliphatic heterocycles. The Morgan fingerprint density at radius 3 is 2.45 bits per heavy atom. The number of halogens is 1. The first-order valence-electron chi connectivity index (χ1n) is 6.15. The molecule has 100 valence electrons. The predicted octanol–water partition coefficient (Wildman–Crippen LogP) is 5.73. The average molecular weight is 318 g/mol. The SMILES string of the molecule is Cc1cc(-c2cnc(-c3ccc(Cl)cc3)s2)ccc1S. The summed E-state index contributed by atoms with van der Waals surface area (Å²) in [5.74, 6) is 0. The van der Waals surface area contributed by atoms with Gasteiger partial charge in [0.2, 0.25) is 0 Å². The number of thiol groups is 1. The van der Waals surface area contributed by atoms with Crippen LogP contribution >= 0.6 is 35.6 Å². The van der Waals surface area contributed by atoms with Crippen molar-refractivity contribution in [1.29, 1.82) is 0 Å². The summed E-state index contributed by atoms with van der Waals surface area (Å²) < 4.78 is 0. The van der Waals surface area contributed by atoms with Crippen LogP contribution in [-0.4, -0.2) is 4.98 Å². The minimum absolute atomic E-state index is 0.741. The molecule has 0 unspecified atom stereocenters. The van der Waals surface area contributed by atoms with Gasteiger partial charge in [0.25, 0.3) is 0 Å². The van der Waals surface area contributed by atoms with Crippen LogP contribution in [0.2, 0.25) is 5.02 Å². The van der Waals surface area contributed by atoms with Crippen LogP contribution in [0.1, 0.15) is 5.56 Å². The third-order valence-electron chi connectivity index (χ3n) is 3.08. The maximum absolute atomic E-state index is 5.91. The van der Waals surface area contributed by atoms with Gasteiger partial charge in [-0.25, -0.2) is 4.98 Å². The van der Waals surface area contributed by atoms with Gasteiger partial charge in [0.1, 0.15) is 5.01 Å². The van der Waals surface area contributed by atoms with Gasteiger partial charge in [-0.15, -0.1) is 24.0 Å². The summed E-state index contributed by atoms with van der Waals surface area (Å²) in [4.78, 5) is 6.67. The Morgan fingerprint density at radius 2 is 1.75 bits per heavy atom. The normalized spacial score (nSPS) is 10.8. The second kappa shape index (κ2) is 5.60. The van der Waals surface area contributed by atoms with Crippen LogP contribution in [0.4, 0.5) is 0 Å². The quantitative estimate of drug-likeness (QED) is 0.596. The van der Waals surface area contributed by atoms with E-state index in [1.807, 2.05) is 36.5 Å². The van der Waals surface area contributed by atoms with Gasteiger partial charge in [0, 0.05) is 21.7 Å². The zero-order valence-corrected chi connectivity index (χ0v) is 13.3. The molecule has 4 heteroatoms. The number of aryl methyl sites for hydroxylation is 1. The Bertz CT molecular complexity index is 747. The number of benzene rings is 2. The fourth-order valence-corrected chi connectivity index (χ4v) is 3.13. The van der Waals surface area contributed by atoms with E-state index in [0.717, 1.165) is 25.4 Å². The first-order chi connectivity index (χ1) is 9.63. The Balaban J connectivity index is 1.97. The Kier molecular flexibility index (Phi) is 3.83. The van der Waals surface area contributed by atoms with E-state index in [9.17, 15) is 0 Å². The molecule has 1 aromatic heterocycles. The second-order valence-electron chi connectivity index (χ2n) is 4.54. The van der Waals surface area contributed by atoms with Crippen molar-refractivity contribution in [2.24, 2.45) is 0 Å². The summed E-state index contributed by atoms with van der Waals surface area (Å²) >= 11 is 12.0. The molecule has 0 aliphatic carbocycles. The highest BCUT2D eigenvalue weighted by Crippen LogP contribution is 2.33. The van der Waals surface area contributed by atoms with Crippen LogP contribution in [-0.2, 0) is 0 Å². The van der Waals surface area contributed by atoms with Gasteiger partial charge in [-0.2, -0.15) is 0 Å². The Labute approximate surface area is 132 Å². The van der Waals surface area contributed by atoms with E-state index in [2.05, 4.69) is 36.7 Å². The predicted molar refractivity (Wildman–Crippen MR) is 90.0 cm³/mol. The van der Waals surface area contributed by atoms with Gasteiger partial charge in [-0.3, -0.25) is 0 Å². The highest BCUT2D eigenvalue weighted by molar-refractivity contribution is 7.80. The molecule has 3 aromatic rings. The van der Waals surface area contributed by atoms with E-state index in [0.29, 0.717) is 0 Å². The smallest absolute Gasteiger partial charge is 0.123 e. The maximum Gasteiger partial charge on any atom is 0.123 e. The summed E-state index contributed by atoms with van der Waals surface area (Å²) in [6.07, 6.45) is 1.92. The molecule has 0 saturated heterocycles. The van der Waals surface area contributed by atoms with E-state index in [-0.39, 0.29) is 0 Å². The molecule has 20 heavy (non-hydrogen) atoms. The number of hydrogen-bond acceptors (Lipinski definition) is 3. The highest BCUT2D eigenvalue weighted by atomic mass is 35.5. The van der Waals surface area contributed by atoms with Crippen LogP contribution < -0.4 is 0 Å². The van der Waals surface area contributed by atoms with Crippen molar-refractivity contribution in [2.45, 2.75) is 11.8 Å². The zero-order valence-electron chi connectivity index (χ0n) is 10.8. The third kappa shape index (κ3) is 2.75. The lowest BCUT2D eigenvalue weighted by atomic mass is 10.1. The van der Waals surface area contributed by atoms with E-state index in [1.165, 1.54) is 11.1 Å². The molecule has 3 rings (SSSR count). The van der Waals surface area contributed by atoms with Crippen molar-refractivity contribution in [3.63, 3.8) is 0 Å². The minimum atomic E-state index is 0.741. The molecular formula is C16H12ClNS2. The van der Waals surface area contributed by atoms with Crippen molar-refractivity contribution >= 4 is 35.6 Å². The lowest BCUT2D eigenvalue weighted by Crippen LogP contribution is -1.78. The van der Waals surface area contributed by atoms with E-state index in [4.69, 9.17) is 11.6 Å². The van der Waals surface area contributed by atoms with Gasteiger partial charge in [-0.1, -0.05) is 29.8 Å². The first-order valence-corrected chi connectivity index (χ1v) is 7.79. The molecule has 0 fully saturated rings. The lowest BCUT2D eigenvalue weighted by Gasteiger charge is -2.01. The molecule has 0 bridgehead atoms. The molecule has 0 spiro atoms. The zero-order chi connectivity index (χ0) is 14.1. The van der Waals surface area contributed by atoms with Crippen LogP contribution in [0, 0.1) is 6.92 Å². The molecule has 0 radical (unpaired) electrons. The maximum atomic E-state index is 5.91. The lowest BCUT2D eigenvalue weighted by molar-refractivity contribution is 1.31. The van der Waals surface area contributed by atoms with Crippen LogP contribution in [0.15, 0.2) is 53.6 Å². The van der Waals surface area contributed by atoms with Gasteiger partial charge in [0.05, 0.1) is 4.88 Å². The number of thiazole rings is 1. The van der Waals surface area contributed by atoms with Gasteiger partial charge in [0.15, 0.2) is 0 Å². The summed E-state index contributed by atoms with van der Waals surface area (Å²) in [6.45, 7) is 2.06. The van der Waals surface area contributed by atoms with Crippen molar-refractivity contribution < 1.29 is 0 Å². The summed E-state index contributed by atoms with van der Waals surface area (Å²) in [5, 5.41) is 1.75. The summed E-state index contributed by atoms with van der Waals surface area (Å²) in [5.41, 5.74) is 3.44. The molecule has 2 aromatic carbocycles. The fraction of sp³-hybridized carbons (Fsp3) is 0.0625. The molecule has 0 atom stereocenters. The standard InChI is InChI=1S/C16H12ClNS2/c1-10-8-12(4-7-14(10)19)15-9-18-16(20-15)11-2-5-13(17)6-3-11/h2-9,19H,1H3. The largest absolute Gasteiger partial charge is 0.244 e. The molecular weight excluding hydrogens is 306 g/mol. The van der Waals surface area contributed by atoms with Crippen molar-refractivity contribution in [2.75, 3.05) is 0 Å². The molecule has 0 amide bonds. The van der Waals surface area contributed by atoms with E-state index >= 15 is 0 Å². The topological polar surface area (TPSA) is 12.9 Å². The molecule has 1 heterocycles. The van der Waals surface area contributed by atoms with Gasteiger partial charge < -0.3 is 0 Å². The summed E-state index contributed by atoms with van der Waals surface area (Å²) in [6, 6.07) is 14.0. The van der Waals surface area contributed by atoms with E-state index < -0.39 is 0 Å². The Morgan fingerprint density at radius 1 is 1.05 bits per heavy atom. The second-order valence-corrected chi connectivity index (χ2v) is 6.49. The highest BCUT2D eigenvalue weighted by Gasteiger charge is 2.07. The molecule has 1 nitrogen and oxygen atoms in total. The minimum Gasteiger partial charge on any atom is -0.244 e. The summed E-state index contributed by atoms with van der Waals surface area (Å²) in [7, 11) is 0.